The number of benzene rings is 1. The molecule has 1 aromatic rings. The third kappa shape index (κ3) is 4.30. The SMILES string of the molecule is COc1cc(OC)c(C(=O)[C@@H](C)O[Si](C)(C)C(C)(C)C)cc1OC. The van der Waals surface area contributed by atoms with Gasteiger partial charge in [0.1, 0.15) is 11.9 Å². The van der Waals surface area contributed by atoms with E-state index in [0.29, 0.717) is 22.8 Å². The van der Waals surface area contributed by atoms with E-state index in [2.05, 4.69) is 33.9 Å². The molecule has 0 heterocycles. The number of methoxy groups -OCH3 is 3. The number of carbonyl (C=O) groups is 1. The van der Waals surface area contributed by atoms with Gasteiger partial charge in [-0.3, -0.25) is 4.79 Å². The summed E-state index contributed by atoms with van der Waals surface area (Å²) in [5, 5.41) is 0.0310. The summed E-state index contributed by atoms with van der Waals surface area (Å²) in [6.45, 7) is 12.5. The van der Waals surface area contributed by atoms with Gasteiger partial charge in [0, 0.05) is 6.07 Å². The molecule has 136 valence electrons. The van der Waals surface area contributed by atoms with Gasteiger partial charge in [0.2, 0.25) is 0 Å². The molecule has 0 amide bonds. The zero-order valence-corrected chi connectivity index (χ0v) is 17.3. The minimum Gasteiger partial charge on any atom is -0.496 e. The first kappa shape index (κ1) is 20.5. The van der Waals surface area contributed by atoms with Gasteiger partial charge in [0.15, 0.2) is 25.6 Å². The van der Waals surface area contributed by atoms with E-state index in [-0.39, 0.29) is 10.8 Å². The van der Waals surface area contributed by atoms with Crippen LogP contribution in [0.2, 0.25) is 18.1 Å². The highest BCUT2D eigenvalue weighted by atomic mass is 28.4. The molecule has 1 aromatic carbocycles. The monoisotopic (exact) mass is 354 g/mol. The fraction of sp³-hybridized carbons (Fsp3) is 0.611. The van der Waals surface area contributed by atoms with Crippen LogP contribution in [0.15, 0.2) is 12.1 Å². The second kappa shape index (κ2) is 7.57. The van der Waals surface area contributed by atoms with Gasteiger partial charge in [-0.2, -0.15) is 0 Å². The quantitative estimate of drug-likeness (QED) is 0.539. The summed E-state index contributed by atoms with van der Waals surface area (Å²) in [6, 6.07) is 3.30. The van der Waals surface area contributed by atoms with E-state index in [1.807, 2.05) is 0 Å². The van der Waals surface area contributed by atoms with E-state index in [1.165, 1.54) is 14.2 Å². The van der Waals surface area contributed by atoms with Crippen LogP contribution in [0.3, 0.4) is 0 Å². The van der Waals surface area contributed by atoms with Crippen molar-refractivity contribution in [3.63, 3.8) is 0 Å². The molecule has 1 atom stereocenters. The lowest BCUT2D eigenvalue weighted by atomic mass is 10.1. The van der Waals surface area contributed by atoms with E-state index in [1.54, 1.807) is 26.2 Å². The predicted octanol–water partition coefficient (Wildman–Crippen LogP) is 4.31. The number of carbonyl (C=O) groups excluding carboxylic acids is 1. The molecule has 5 nitrogen and oxygen atoms in total. The van der Waals surface area contributed by atoms with Crippen molar-refractivity contribution in [3.8, 4) is 17.2 Å². The fourth-order valence-electron chi connectivity index (χ4n) is 2.11. The van der Waals surface area contributed by atoms with Gasteiger partial charge in [-0.05, 0) is 31.1 Å². The molecule has 6 heteroatoms. The molecule has 0 saturated heterocycles. The molecule has 0 unspecified atom stereocenters. The van der Waals surface area contributed by atoms with E-state index < -0.39 is 14.4 Å². The van der Waals surface area contributed by atoms with Gasteiger partial charge in [0.05, 0.1) is 26.9 Å². The van der Waals surface area contributed by atoms with Gasteiger partial charge in [-0.15, -0.1) is 0 Å². The summed E-state index contributed by atoms with van der Waals surface area (Å²) < 4.78 is 22.1. The molecule has 0 bridgehead atoms. The Hall–Kier alpha value is -1.53. The Kier molecular flexibility index (Phi) is 6.47. The fourth-order valence-corrected chi connectivity index (χ4v) is 3.46. The topological polar surface area (TPSA) is 54.0 Å². The average Bonchev–Trinajstić information content (AvgIpc) is 2.51. The highest BCUT2D eigenvalue weighted by Crippen LogP contribution is 2.39. The number of hydrogen-bond acceptors (Lipinski definition) is 5. The molecule has 24 heavy (non-hydrogen) atoms. The van der Waals surface area contributed by atoms with Crippen LogP contribution >= 0.6 is 0 Å². The van der Waals surface area contributed by atoms with Gasteiger partial charge in [0.25, 0.3) is 0 Å². The molecule has 0 aliphatic carbocycles. The minimum atomic E-state index is -2.05. The summed E-state index contributed by atoms with van der Waals surface area (Å²) in [5.74, 6) is 1.33. The summed E-state index contributed by atoms with van der Waals surface area (Å²) in [5.41, 5.74) is 0.432. The van der Waals surface area contributed by atoms with Crippen LogP contribution in [0.4, 0.5) is 0 Å². The number of ketones is 1. The lowest BCUT2D eigenvalue weighted by Crippen LogP contribution is -2.45. The molecular weight excluding hydrogens is 324 g/mol. The first-order valence-corrected chi connectivity index (χ1v) is 10.9. The van der Waals surface area contributed by atoms with Crippen LogP contribution in [0.25, 0.3) is 0 Å². The Morgan fingerprint density at radius 2 is 1.42 bits per heavy atom. The third-order valence-corrected chi connectivity index (χ3v) is 9.17. The van der Waals surface area contributed by atoms with Crippen LogP contribution in [0.1, 0.15) is 38.1 Å². The van der Waals surface area contributed by atoms with Crippen molar-refractivity contribution in [1.29, 1.82) is 0 Å². The normalized spacial score (nSPS) is 13.4. The summed E-state index contributed by atoms with van der Waals surface area (Å²) in [4.78, 5) is 12.9. The summed E-state index contributed by atoms with van der Waals surface area (Å²) in [6.07, 6.45) is -0.558. The molecule has 0 radical (unpaired) electrons. The molecule has 0 saturated carbocycles. The number of hydrogen-bond donors (Lipinski definition) is 0. The maximum Gasteiger partial charge on any atom is 0.193 e. The van der Waals surface area contributed by atoms with Crippen LogP contribution in [0, 0.1) is 0 Å². The molecule has 0 N–H and O–H groups in total. The standard InChI is InChI=1S/C18H30O5Si/c1-12(23-24(8,9)18(2,3)4)17(19)13-10-15(21-6)16(22-7)11-14(13)20-5/h10-12H,1-9H3/t12-/m1/s1. The van der Waals surface area contributed by atoms with Crippen molar-refractivity contribution in [2.45, 2.75) is 51.9 Å². The van der Waals surface area contributed by atoms with Gasteiger partial charge >= 0.3 is 0 Å². The van der Waals surface area contributed by atoms with Gasteiger partial charge in [-0.1, -0.05) is 20.8 Å². The van der Waals surface area contributed by atoms with Crippen molar-refractivity contribution < 1.29 is 23.4 Å². The maximum absolute atomic E-state index is 12.9. The second-order valence-electron chi connectivity index (χ2n) is 7.29. The smallest absolute Gasteiger partial charge is 0.193 e. The zero-order chi connectivity index (χ0) is 18.7. The van der Waals surface area contributed by atoms with E-state index in [4.69, 9.17) is 18.6 Å². The molecule has 0 spiro atoms. The lowest BCUT2D eigenvalue weighted by Gasteiger charge is -2.38. The molecule has 0 aromatic heterocycles. The number of Topliss-reactive ketones (excluding diaryl/α,β-unsaturated/α-hetero) is 1. The van der Waals surface area contributed by atoms with Crippen LogP contribution in [0.5, 0.6) is 17.2 Å². The van der Waals surface area contributed by atoms with E-state index in [9.17, 15) is 4.79 Å². The molecular formula is C18H30O5Si. The molecule has 0 aliphatic heterocycles. The lowest BCUT2D eigenvalue weighted by molar-refractivity contribution is 0.0792. The third-order valence-electron chi connectivity index (χ3n) is 4.62. The minimum absolute atomic E-state index is 0.0310. The summed E-state index contributed by atoms with van der Waals surface area (Å²) in [7, 11) is 2.56. The van der Waals surface area contributed by atoms with Crippen LogP contribution < -0.4 is 14.2 Å². The van der Waals surface area contributed by atoms with Crippen molar-refractivity contribution in [2.75, 3.05) is 21.3 Å². The largest absolute Gasteiger partial charge is 0.496 e. The Morgan fingerprint density at radius 1 is 0.958 bits per heavy atom. The van der Waals surface area contributed by atoms with Crippen LogP contribution in [-0.2, 0) is 4.43 Å². The first-order valence-electron chi connectivity index (χ1n) is 8.00. The Bertz CT molecular complexity index is 590. The van der Waals surface area contributed by atoms with Gasteiger partial charge in [-0.25, -0.2) is 0 Å². The van der Waals surface area contributed by atoms with Crippen molar-refractivity contribution in [3.05, 3.63) is 17.7 Å². The van der Waals surface area contributed by atoms with E-state index >= 15 is 0 Å². The molecule has 0 aliphatic rings. The predicted molar refractivity (Wildman–Crippen MR) is 98.2 cm³/mol. The van der Waals surface area contributed by atoms with Gasteiger partial charge < -0.3 is 18.6 Å². The maximum atomic E-state index is 12.9. The number of rotatable bonds is 7. The second-order valence-corrected chi connectivity index (χ2v) is 12.0. The molecule has 1 rings (SSSR count). The van der Waals surface area contributed by atoms with E-state index in [0.717, 1.165) is 0 Å². The highest BCUT2D eigenvalue weighted by molar-refractivity contribution is 6.74. The Morgan fingerprint density at radius 3 is 1.83 bits per heavy atom. The first-order chi connectivity index (χ1) is 11.0. The Labute approximate surface area is 146 Å². The highest BCUT2D eigenvalue weighted by Gasteiger charge is 2.40. The average molecular weight is 355 g/mol. The Balaban J connectivity index is 3.18. The summed E-state index contributed by atoms with van der Waals surface area (Å²) >= 11 is 0. The van der Waals surface area contributed by atoms with Crippen molar-refractivity contribution in [2.24, 2.45) is 0 Å². The van der Waals surface area contributed by atoms with Crippen molar-refractivity contribution in [1.82, 2.24) is 0 Å². The van der Waals surface area contributed by atoms with Crippen LogP contribution in [-0.4, -0.2) is 41.5 Å². The number of ether oxygens (including phenoxy) is 3. The van der Waals surface area contributed by atoms with Crippen molar-refractivity contribution >= 4 is 14.1 Å². The molecule has 0 fully saturated rings. The zero-order valence-electron chi connectivity index (χ0n) is 16.3.